The van der Waals surface area contributed by atoms with Crippen LogP contribution >= 0.6 is 0 Å². The maximum absolute atomic E-state index is 12.7. The van der Waals surface area contributed by atoms with Gasteiger partial charge >= 0.3 is 12.0 Å². The molecule has 8 nitrogen and oxygen atoms in total. The molecule has 0 spiro atoms. The van der Waals surface area contributed by atoms with Crippen LogP contribution in [-0.2, 0) is 4.79 Å². The van der Waals surface area contributed by atoms with Gasteiger partial charge in [0.25, 0.3) is 5.89 Å². The van der Waals surface area contributed by atoms with Crippen LogP contribution in [-0.4, -0.2) is 45.2 Å². The van der Waals surface area contributed by atoms with E-state index in [4.69, 9.17) is 4.52 Å². The summed E-state index contributed by atoms with van der Waals surface area (Å²) in [5, 5.41) is 16.2. The number of rotatable bonds is 4. The molecule has 1 aliphatic heterocycles. The lowest BCUT2D eigenvalue weighted by molar-refractivity contribution is -0.143. The van der Waals surface area contributed by atoms with E-state index in [0.29, 0.717) is 48.3 Å². The molecule has 2 aliphatic rings. The Morgan fingerprint density at radius 2 is 2.11 bits per heavy atom. The first kappa shape index (κ1) is 17.5. The number of anilines is 1. The summed E-state index contributed by atoms with van der Waals surface area (Å²) in [5.74, 6) is 0.106. The Hall–Kier alpha value is -2.90. The number of carboxylic acid groups (broad SMARTS) is 1. The average Bonchev–Trinajstić information content (AvgIpc) is 3.40. The third-order valence-corrected chi connectivity index (χ3v) is 5.09. The first-order chi connectivity index (χ1) is 13.0. The fourth-order valence-corrected chi connectivity index (χ4v) is 3.35. The van der Waals surface area contributed by atoms with Crippen molar-refractivity contribution >= 4 is 17.7 Å². The lowest BCUT2D eigenvalue weighted by Gasteiger charge is -2.30. The molecule has 0 radical (unpaired) electrons. The molecule has 1 saturated heterocycles. The van der Waals surface area contributed by atoms with Crippen molar-refractivity contribution in [3.63, 3.8) is 0 Å². The Morgan fingerprint density at radius 1 is 1.30 bits per heavy atom. The third kappa shape index (κ3) is 3.79. The van der Waals surface area contributed by atoms with Gasteiger partial charge in [0.05, 0.1) is 17.2 Å². The zero-order valence-electron chi connectivity index (χ0n) is 15.1. The molecule has 2 amide bonds. The predicted octanol–water partition coefficient (Wildman–Crippen LogP) is 3.25. The van der Waals surface area contributed by atoms with Crippen LogP contribution in [0.25, 0.3) is 11.5 Å². The smallest absolute Gasteiger partial charge is 0.321 e. The van der Waals surface area contributed by atoms with E-state index >= 15 is 0 Å². The van der Waals surface area contributed by atoms with Crippen LogP contribution in [0.5, 0.6) is 0 Å². The van der Waals surface area contributed by atoms with Gasteiger partial charge in [-0.3, -0.25) is 4.79 Å². The van der Waals surface area contributed by atoms with Crippen LogP contribution in [0.15, 0.2) is 22.7 Å². The van der Waals surface area contributed by atoms with Crippen molar-refractivity contribution in [2.75, 3.05) is 18.4 Å². The van der Waals surface area contributed by atoms with E-state index in [0.717, 1.165) is 18.4 Å². The largest absolute Gasteiger partial charge is 0.481 e. The third-order valence-electron chi connectivity index (χ3n) is 5.09. The highest BCUT2D eigenvalue weighted by Crippen LogP contribution is 2.39. The van der Waals surface area contributed by atoms with Gasteiger partial charge in [-0.1, -0.05) is 16.8 Å². The molecule has 27 heavy (non-hydrogen) atoms. The Kier molecular flexibility index (Phi) is 4.55. The number of urea groups is 1. The van der Waals surface area contributed by atoms with Gasteiger partial charge in [-0.05, 0) is 44.7 Å². The number of carbonyl (C=O) groups is 2. The number of hydrogen-bond donors (Lipinski definition) is 2. The second-order valence-corrected chi connectivity index (χ2v) is 7.33. The van der Waals surface area contributed by atoms with Gasteiger partial charge < -0.3 is 19.8 Å². The topological polar surface area (TPSA) is 109 Å². The van der Waals surface area contributed by atoms with Crippen LogP contribution in [0.3, 0.4) is 0 Å². The number of nitrogens with zero attached hydrogens (tertiary/aromatic N) is 3. The Labute approximate surface area is 156 Å². The normalized spacial score (nSPS) is 19.7. The molecule has 2 heterocycles. The number of amides is 2. The highest BCUT2D eigenvalue weighted by molar-refractivity contribution is 5.94. The summed E-state index contributed by atoms with van der Waals surface area (Å²) in [6, 6.07) is 5.29. The van der Waals surface area contributed by atoms with E-state index in [1.54, 1.807) is 4.90 Å². The quantitative estimate of drug-likeness (QED) is 0.855. The average molecular weight is 370 g/mol. The number of piperidine rings is 1. The van der Waals surface area contributed by atoms with Crippen molar-refractivity contribution in [1.82, 2.24) is 15.0 Å². The van der Waals surface area contributed by atoms with Crippen molar-refractivity contribution in [1.29, 1.82) is 0 Å². The number of likely N-dealkylation sites (tertiary alicyclic amines) is 1. The molecular formula is C19H22N4O4. The molecule has 1 unspecified atom stereocenters. The summed E-state index contributed by atoms with van der Waals surface area (Å²) in [6.07, 6.45) is 3.44. The minimum atomic E-state index is -0.859. The lowest BCUT2D eigenvalue weighted by Crippen LogP contribution is -2.44. The number of nitrogens with one attached hydrogen (secondary N) is 1. The molecule has 1 aromatic carbocycles. The number of hydrogen-bond acceptors (Lipinski definition) is 5. The van der Waals surface area contributed by atoms with Crippen LogP contribution in [0.2, 0.25) is 0 Å². The SMILES string of the molecule is Cc1ccc(NC(=O)N2CCCC(C(=O)O)C2)c(-c2nc(C3CC3)no2)c1. The second-order valence-electron chi connectivity index (χ2n) is 7.33. The monoisotopic (exact) mass is 370 g/mol. The fourth-order valence-electron chi connectivity index (χ4n) is 3.35. The van der Waals surface area contributed by atoms with Crippen molar-refractivity contribution in [3.8, 4) is 11.5 Å². The molecule has 4 rings (SSSR count). The zero-order valence-corrected chi connectivity index (χ0v) is 15.1. The fraction of sp³-hybridized carbons (Fsp3) is 0.474. The van der Waals surface area contributed by atoms with Gasteiger partial charge in [0.15, 0.2) is 5.82 Å². The van der Waals surface area contributed by atoms with E-state index in [1.807, 2.05) is 25.1 Å². The van der Waals surface area contributed by atoms with Crippen LogP contribution < -0.4 is 5.32 Å². The Morgan fingerprint density at radius 3 is 2.85 bits per heavy atom. The van der Waals surface area contributed by atoms with Crippen LogP contribution in [0.4, 0.5) is 10.5 Å². The van der Waals surface area contributed by atoms with Gasteiger partial charge in [0, 0.05) is 19.0 Å². The molecule has 2 N–H and O–H groups in total. The number of aliphatic carboxylic acids is 1. The van der Waals surface area contributed by atoms with E-state index < -0.39 is 11.9 Å². The molecule has 2 fully saturated rings. The molecule has 1 aromatic heterocycles. The first-order valence-electron chi connectivity index (χ1n) is 9.24. The molecule has 142 valence electrons. The standard InChI is InChI=1S/C19H22N4O4/c1-11-4-7-15(14(9-11)17-21-16(22-27-17)12-5-6-12)20-19(26)23-8-2-3-13(10-23)18(24)25/h4,7,9,12-13H,2-3,5-6,8,10H2,1H3,(H,20,26)(H,24,25). The minimum absolute atomic E-state index is 0.217. The van der Waals surface area contributed by atoms with E-state index in [9.17, 15) is 14.7 Å². The molecule has 1 atom stereocenters. The number of aromatic nitrogens is 2. The first-order valence-corrected chi connectivity index (χ1v) is 9.24. The predicted molar refractivity (Wildman–Crippen MR) is 97.4 cm³/mol. The van der Waals surface area contributed by atoms with Crippen molar-refractivity contribution in [2.45, 2.75) is 38.5 Å². The zero-order chi connectivity index (χ0) is 19.0. The maximum atomic E-state index is 12.7. The highest BCUT2D eigenvalue weighted by atomic mass is 16.5. The van der Waals surface area contributed by atoms with Crippen molar-refractivity contribution in [3.05, 3.63) is 29.6 Å². The van der Waals surface area contributed by atoms with Crippen LogP contribution in [0.1, 0.15) is 43.0 Å². The number of benzene rings is 1. The maximum Gasteiger partial charge on any atom is 0.321 e. The molecule has 2 aromatic rings. The number of aryl methyl sites for hydroxylation is 1. The van der Waals surface area contributed by atoms with Gasteiger partial charge in [0.1, 0.15) is 0 Å². The highest BCUT2D eigenvalue weighted by Gasteiger charge is 2.30. The van der Waals surface area contributed by atoms with Crippen LogP contribution in [0, 0.1) is 12.8 Å². The van der Waals surface area contributed by atoms with Gasteiger partial charge in [-0.2, -0.15) is 4.98 Å². The summed E-state index contributed by atoms with van der Waals surface area (Å²) in [4.78, 5) is 29.9. The Bertz CT molecular complexity index is 874. The molecule has 1 saturated carbocycles. The molecule has 1 aliphatic carbocycles. The Balaban J connectivity index is 1.54. The van der Waals surface area contributed by atoms with E-state index in [2.05, 4.69) is 15.5 Å². The minimum Gasteiger partial charge on any atom is -0.481 e. The van der Waals surface area contributed by atoms with Crippen molar-refractivity contribution in [2.24, 2.45) is 5.92 Å². The summed E-state index contributed by atoms with van der Waals surface area (Å²) in [7, 11) is 0. The summed E-state index contributed by atoms with van der Waals surface area (Å²) < 4.78 is 5.42. The second kappa shape index (κ2) is 7.02. The summed E-state index contributed by atoms with van der Waals surface area (Å²) in [5.41, 5.74) is 2.27. The van der Waals surface area contributed by atoms with Gasteiger partial charge in [-0.25, -0.2) is 4.79 Å². The van der Waals surface area contributed by atoms with E-state index in [-0.39, 0.29) is 12.6 Å². The van der Waals surface area contributed by atoms with E-state index in [1.165, 1.54) is 0 Å². The molecule has 0 bridgehead atoms. The summed E-state index contributed by atoms with van der Waals surface area (Å²) >= 11 is 0. The summed E-state index contributed by atoms with van der Waals surface area (Å²) in [6.45, 7) is 2.72. The number of carbonyl (C=O) groups excluding carboxylic acids is 1. The van der Waals surface area contributed by atoms with Gasteiger partial charge in [-0.15, -0.1) is 0 Å². The lowest BCUT2D eigenvalue weighted by atomic mass is 9.99. The van der Waals surface area contributed by atoms with Crippen molar-refractivity contribution < 1.29 is 19.2 Å². The molecule has 8 heteroatoms. The number of carboxylic acids is 1. The molecular weight excluding hydrogens is 348 g/mol. The van der Waals surface area contributed by atoms with Gasteiger partial charge in [0.2, 0.25) is 0 Å².